The molecule has 0 radical (unpaired) electrons. The molecule has 4 rings (SSSR count). The van der Waals surface area contributed by atoms with E-state index in [2.05, 4.69) is 33.7 Å². The highest BCUT2D eigenvalue weighted by atomic mass is 16.1. The second-order valence-electron chi connectivity index (χ2n) is 6.09. The SMILES string of the molecule is O=c1cccc2n(CCN3CCCC3)c3ccccc3cc1-2. The van der Waals surface area contributed by atoms with Crippen LogP contribution >= 0.6 is 0 Å². The molecule has 112 valence electrons. The minimum absolute atomic E-state index is 0.109. The van der Waals surface area contributed by atoms with E-state index in [0.29, 0.717) is 0 Å². The van der Waals surface area contributed by atoms with Gasteiger partial charge in [-0.25, -0.2) is 0 Å². The van der Waals surface area contributed by atoms with Gasteiger partial charge in [-0.05, 0) is 55.6 Å². The summed E-state index contributed by atoms with van der Waals surface area (Å²) in [6, 6.07) is 16.0. The van der Waals surface area contributed by atoms with Crippen molar-refractivity contribution in [1.82, 2.24) is 9.47 Å². The van der Waals surface area contributed by atoms with Gasteiger partial charge < -0.3 is 9.47 Å². The number of rotatable bonds is 3. The average Bonchev–Trinajstić information content (AvgIpc) is 3.06. The smallest absolute Gasteiger partial charge is 0.187 e. The van der Waals surface area contributed by atoms with Crippen LogP contribution in [0.1, 0.15) is 12.8 Å². The van der Waals surface area contributed by atoms with Gasteiger partial charge in [-0.15, -0.1) is 0 Å². The maximum Gasteiger partial charge on any atom is 0.187 e. The van der Waals surface area contributed by atoms with Gasteiger partial charge in [-0.1, -0.05) is 24.3 Å². The van der Waals surface area contributed by atoms with E-state index in [1.54, 1.807) is 6.07 Å². The molecule has 1 fully saturated rings. The number of fused-ring (bicyclic) bond motifs is 2. The van der Waals surface area contributed by atoms with Crippen LogP contribution in [0.15, 0.2) is 53.3 Å². The molecule has 0 aromatic heterocycles. The van der Waals surface area contributed by atoms with Crippen molar-refractivity contribution in [2.24, 2.45) is 0 Å². The lowest BCUT2D eigenvalue weighted by molar-refractivity contribution is 0.325. The third kappa shape index (κ3) is 2.32. The first kappa shape index (κ1) is 13.5. The van der Waals surface area contributed by atoms with Crippen LogP contribution in [0.3, 0.4) is 0 Å². The summed E-state index contributed by atoms with van der Waals surface area (Å²) in [4.78, 5) is 14.7. The second-order valence-corrected chi connectivity index (χ2v) is 6.09. The third-order valence-electron chi connectivity index (χ3n) is 4.70. The molecule has 1 aliphatic carbocycles. The predicted molar refractivity (Wildman–Crippen MR) is 90.5 cm³/mol. The van der Waals surface area contributed by atoms with Crippen LogP contribution in [0, 0.1) is 0 Å². The first-order valence-corrected chi connectivity index (χ1v) is 8.06. The summed E-state index contributed by atoms with van der Waals surface area (Å²) < 4.78 is 2.31. The summed E-state index contributed by atoms with van der Waals surface area (Å²) >= 11 is 0. The number of aromatic nitrogens is 1. The summed E-state index contributed by atoms with van der Waals surface area (Å²) in [7, 11) is 0. The first-order chi connectivity index (χ1) is 10.8. The summed E-state index contributed by atoms with van der Waals surface area (Å²) in [6.45, 7) is 4.39. The topological polar surface area (TPSA) is 25.2 Å². The number of hydrogen-bond donors (Lipinski definition) is 0. The Kier molecular flexibility index (Phi) is 3.43. The first-order valence-electron chi connectivity index (χ1n) is 8.06. The molecule has 0 N–H and O–H groups in total. The zero-order valence-electron chi connectivity index (χ0n) is 12.7. The zero-order chi connectivity index (χ0) is 14.9. The standard InChI is InChI=1S/C19H20N2O/c22-19-9-5-8-18-16(19)14-15-6-1-2-7-17(15)21(18)13-12-20-10-3-4-11-20/h1-2,5-9,14H,3-4,10-13H2. The van der Waals surface area contributed by atoms with E-state index in [1.807, 2.05) is 18.2 Å². The van der Waals surface area contributed by atoms with Gasteiger partial charge in [0.15, 0.2) is 5.43 Å². The van der Waals surface area contributed by atoms with Gasteiger partial charge >= 0.3 is 0 Å². The molecule has 1 aromatic carbocycles. The van der Waals surface area contributed by atoms with E-state index in [-0.39, 0.29) is 5.43 Å². The van der Waals surface area contributed by atoms with Crippen molar-refractivity contribution >= 4 is 10.9 Å². The maximum atomic E-state index is 12.2. The Morgan fingerprint density at radius 3 is 2.59 bits per heavy atom. The number of likely N-dealkylation sites (tertiary alicyclic amines) is 1. The van der Waals surface area contributed by atoms with E-state index < -0.39 is 0 Å². The molecule has 0 bridgehead atoms. The Morgan fingerprint density at radius 1 is 0.909 bits per heavy atom. The molecule has 0 spiro atoms. The van der Waals surface area contributed by atoms with Crippen molar-refractivity contribution in [3.8, 4) is 11.3 Å². The average molecular weight is 292 g/mol. The fraction of sp³-hybridized carbons (Fsp3) is 0.316. The van der Waals surface area contributed by atoms with Gasteiger partial charge in [0, 0.05) is 24.2 Å². The number of hydrogen-bond acceptors (Lipinski definition) is 2. The Hall–Kier alpha value is -2.13. The molecule has 0 atom stereocenters. The monoisotopic (exact) mass is 292 g/mol. The van der Waals surface area contributed by atoms with Gasteiger partial charge in [-0.2, -0.15) is 0 Å². The van der Waals surface area contributed by atoms with Crippen LogP contribution in [-0.4, -0.2) is 29.1 Å². The van der Waals surface area contributed by atoms with Crippen molar-refractivity contribution in [2.75, 3.05) is 19.6 Å². The molecule has 2 heterocycles. The fourth-order valence-corrected chi connectivity index (χ4v) is 3.54. The highest BCUT2D eigenvalue weighted by molar-refractivity contribution is 5.86. The van der Waals surface area contributed by atoms with Crippen LogP contribution in [-0.2, 0) is 6.54 Å². The molecule has 0 unspecified atom stereocenters. The Morgan fingerprint density at radius 2 is 1.73 bits per heavy atom. The molecule has 3 nitrogen and oxygen atoms in total. The normalized spacial score (nSPS) is 15.8. The Bertz CT molecular complexity index is 830. The highest BCUT2D eigenvalue weighted by Crippen LogP contribution is 2.26. The van der Waals surface area contributed by atoms with Crippen molar-refractivity contribution in [1.29, 1.82) is 0 Å². The number of nitrogens with zero attached hydrogens (tertiary/aromatic N) is 2. The van der Waals surface area contributed by atoms with E-state index >= 15 is 0 Å². The van der Waals surface area contributed by atoms with Crippen molar-refractivity contribution in [3.63, 3.8) is 0 Å². The zero-order valence-corrected chi connectivity index (χ0v) is 12.7. The number of benzene rings is 2. The summed E-state index contributed by atoms with van der Waals surface area (Å²) in [6.07, 6.45) is 2.62. The number of para-hydroxylation sites is 1. The van der Waals surface area contributed by atoms with Crippen LogP contribution in [0.25, 0.3) is 22.2 Å². The van der Waals surface area contributed by atoms with Crippen molar-refractivity contribution in [2.45, 2.75) is 19.4 Å². The lowest BCUT2D eigenvalue weighted by atomic mass is 10.0. The van der Waals surface area contributed by atoms with Crippen LogP contribution < -0.4 is 5.43 Å². The van der Waals surface area contributed by atoms with Gasteiger partial charge in [0.25, 0.3) is 0 Å². The minimum Gasteiger partial charge on any atom is -0.339 e. The van der Waals surface area contributed by atoms with Gasteiger partial charge in [-0.3, -0.25) is 4.79 Å². The Balaban J connectivity index is 1.84. The molecule has 3 aliphatic rings. The van der Waals surface area contributed by atoms with Crippen LogP contribution in [0.2, 0.25) is 0 Å². The maximum absolute atomic E-state index is 12.2. The van der Waals surface area contributed by atoms with Crippen LogP contribution in [0.4, 0.5) is 0 Å². The lowest BCUT2D eigenvalue weighted by Crippen LogP contribution is -2.25. The third-order valence-corrected chi connectivity index (χ3v) is 4.70. The van der Waals surface area contributed by atoms with Gasteiger partial charge in [0.05, 0.1) is 5.69 Å². The van der Waals surface area contributed by atoms with E-state index in [9.17, 15) is 4.79 Å². The van der Waals surface area contributed by atoms with Crippen molar-refractivity contribution < 1.29 is 0 Å². The van der Waals surface area contributed by atoms with Crippen LogP contribution in [0.5, 0.6) is 0 Å². The molecular weight excluding hydrogens is 272 g/mol. The number of pyridine rings is 1. The second kappa shape index (κ2) is 5.58. The quantitative estimate of drug-likeness (QED) is 0.693. The molecule has 2 aliphatic heterocycles. The van der Waals surface area contributed by atoms with Crippen molar-refractivity contribution in [3.05, 3.63) is 58.8 Å². The van der Waals surface area contributed by atoms with E-state index in [0.717, 1.165) is 29.7 Å². The summed E-state index contributed by atoms with van der Waals surface area (Å²) in [5.41, 5.74) is 3.19. The summed E-state index contributed by atoms with van der Waals surface area (Å²) in [5, 5.41) is 1.14. The molecule has 3 heteroatoms. The molecule has 0 saturated carbocycles. The fourth-order valence-electron chi connectivity index (χ4n) is 3.54. The molecule has 1 saturated heterocycles. The van der Waals surface area contributed by atoms with E-state index in [4.69, 9.17) is 0 Å². The van der Waals surface area contributed by atoms with E-state index in [1.165, 1.54) is 31.4 Å². The van der Waals surface area contributed by atoms with Gasteiger partial charge in [0.1, 0.15) is 0 Å². The summed E-state index contributed by atoms with van der Waals surface area (Å²) in [5.74, 6) is 0. The molecule has 1 aromatic rings. The van der Waals surface area contributed by atoms with Gasteiger partial charge in [0.2, 0.25) is 0 Å². The minimum atomic E-state index is 0.109. The highest BCUT2D eigenvalue weighted by Gasteiger charge is 2.15. The predicted octanol–water partition coefficient (Wildman–Crippen LogP) is 3.20. The molecule has 22 heavy (non-hydrogen) atoms. The largest absolute Gasteiger partial charge is 0.339 e. The molecule has 0 amide bonds. The Labute approximate surface area is 130 Å². The molecular formula is C19H20N2O. The lowest BCUT2D eigenvalue weighted by Gasteiger charge is -2.22.